The quantitative estimate of drug-likeness (QED) is 0.550. The Kier molecular flexibility index (Phi) is 6.87. The van der Waals surface area contributed by atoms with Gasteiger partial charge in [-0.05, 0) is 42.0 Å². The summed E-state index contributed by atoms with van der Waals surface area (Å²) in [7, 11) is 0. The molecule has 30 heavy (non-hydrogen) atoms. The molecule has 3 nitrogen and oxygen atoms in total. The summed E-state index contributed by atoms with van der Waals surface area (Å²) in [4.78, 5) is 13.3. The highest BCUT2D eigenvalue weighted by Gasteiger charge is 2.33. The Balaban J connectivity index is 1.70. The summed E-state index contributed by atoms with van der Waals surface area (Å²) in [6.45, 7) is 0.227. The SMILES string of the molecule is O=C(O)C1=CC=CN(Cc2cccc(F)c2)C1SCCC(F)(F)c1ccc(F)cc1. The number of thioether (sulfide) groups is 1. The summed E-state index contributed by atoms with van der Waals surface area (Å²) in [5.74, 6) is -5.36. The highest BCUT2D eigenvalue weighted by molar-refractivity contribution is 8.00. The zero-order valence-corrected chi connectivity index (χ0v) is 16.6. The second-order valence-electron chi connectivity index (χ2n) is 6.76. The molecule has 0 spiro atoms. The minimum Gasteiger partial charge on any atom is -0.478 e. The standard InChI is InChI=1S/C22H19F4NO2S/c23-17-8-6-16(7-9-17)22(25,26)10-12-30-20-19(21(28)29)5-2-11-27(20)14-15-3-1-4-18(24)13-15/h1-9,11,13,20H,10,12,14H2,(H,28,29). The fourth-order valence-corrected chi connectivity index (χ4v) is 4.37. The van der Waals surface area contributed by atoms with Gasteiger partial charge in [0.25, 0.3) is 5.92 Å². The maximum absolute atomic E-state index is 14.5. The fourth-order valence-electron chi connectivity index (χ4n) is 3.08. The molecule has 0 aromatic heterocycles. The maximum Gasteiger partial charge on any atom is 0.334 e. The lowest BCUT2D eigenvalue weighted by Crippen LogP contribution is -2.34. The topological polar surface area (TPSA) is 40.5 Å². The van der Waals surface area contributed by atoms with Crippen LogP contribution in [0.2, 0.25) is 0 Å². The van der Waals surface area contributed by atoms with E-state index in [0.29, 0.717) is 5.56 Å². The van der Waals surface area contributed by atoms with Crippen LogP contribution < -0.4 is 0 Å². The van der Waals surface area contributed by atoms with Crippen LogP contribution >= 0.6 is 11.8 Å². The minimum absolute atomic E-state index is 0.0346. The smallest absolute Gasteiger partial charge is 0.334 e. The molecule has 1 N–H and O–H groups in total. The van der Waals surface area contributed by atoms with Gasteiger partial charge in [-0.3, -0.25) is 0 Å². The molecular weight excluding hydrogens is 418 g/mol. The Hall–Kier alpha value is -2.74. The van der Waals surface area contributed by atoms with Crippen LogP contribution in [0.1, 0.15) is 17.5 Å². The van der Waals surface area contributed by atoms with Gasteiger partial charge in [0.1, 0.15) is 17.0 Å². The number of alkyl halides is 2. The van der Waals surface area contributed by atoms with Gasteiger partial charge in [0.2, 0.25) is 0 Å². The van der Waals surface area contributed by atoms with Gasteiger partial charge in [-0.2, -0.15) is 0 Å². The molecule has 0 aliphatic carbocycles. The molecule has 1 unspecified atom stereocenters. The Morgan fingerprint density at radius 2 is 1.83 bits per heavy atom. The van der Waals surface area contributed by atoms with Crippen molar-refractivity contribution in [3.63, 3.8) is 0 Å². The number of carbonyl (C=O) groups is 1. The van der Waals surface area contributed by atoms with Crippen molar-refractivity contribution in [1.29, 1.82) is 0 Å². The van der Waals surface area contributed by atoms with Crippen molar-refractivity contribution < 1.29 is 27.5 Å². The largest absolute Gasteiger partial charge is 0.478 e. The van der Waals surface area contributed by atoms with Crippen LogP contribution in [0.3, 0.4) is 0 Å². The Morgan fingerprint density at radius 3 is 2.50 bits per heavy atom. The van der Waals surface area contributed by atoms with Gasteiger partial charge in [-0.15, -0.1) is 11.8 Å². The van der Waals surface area contributed by atoms with E-state index in [1.807, 2.05) is 0 Å². The fraction of sp³-hybridized carbons (Fsp3) is 0.227. The van der Waals surface area contributed by atoms with Crippen LogP contribution in [-0.4, -0.2) is 27.1 Å². The van der Waals surface area contributed by atoms with Gasteiger partial charge in [0, 0.05) is 30.5 Å². The van der Waals surface area contributed by atoms with E-state index in [1.165, 1.54) is 18.2 Å². The van der Waals surface area contributed by atoms with Gasteiger partial charge in [0.15, 0.2) is 0 Å². The lowest BCUT2D eigenvalue weighted by molar-refractivity contribution is -0.133. The van der Waals surface area contributed by atoms with Crippen molar-refractivity contribution in [1.82, 2.24) is 4.90 Å². The summed E-state index contributed by atoms with van der Waals surface area (Å²) >= 11 is 1.07. The average molecular weight is 437 g/mol. The first-order valence-corrected chi connectivity index (χ1v) is 10.2. The molecule has 1 aliphatic rings. The van der Waals surface area contributed by atoms with Crippen LogP contribution in [0.4, 0.5) is 17.6 Å². The molecule has 3 rings (SSSR count). The Morgan fingerprint density at radius 1 is 1.10 bits per heavy atom. The first kappa shape index (κ1) is 22.0. The van der Waals surface area contributed by atoms with Crippen LogP contribution in [0, 0.1) is 11.6 Å². The molecule has 0 saturated heterocycles. The lowest BCUT2D eigenvalue weighted by Gasteiger charge is -2.33. The van der Waals surface area contributed by atoms with Crippen molar-refractivity contribution in [3.8, 4) is 0 Å². The van der Waals surface area contributed by atoms with E-state index < -0.39 is 35.3 Å². The number of halogens is 4. The maximum atomic E-state index is 14.5. The van der Waals surface area contributed by atoms with Gasteiger partial charge in [-0.1, -0.05) is 24.3 Å². The Bertz CT molecular complexity index is 960. The molecule has 8 heteroatoms. The number of allylic oxidation sites excluding steroid dienone is 2. The highest BCUT2D eigenvalue weighted by Crippen LogP contribution is 2.36. The van der Waals surface area contributed by atoms with E-state index in [1.54, 1.807) is 29.3 Å². The molecule has 0 amide bonds. The predicted octanol–water partition coefficient (Wildman–Crippen LogP) is 5.55. The monoisotopic (exact) mass is 437 g/mol. The van der Waals surface area contributed by atoms with Crippen molar-refractivity contribution in [2.75, 3.05) is 5.75 Å². The zero-order valence-electron chi connectivity index (χ0n) is 15.8. The summed E-state index contributed by atoms with van der Waals surface area (Å²) in [6.07, 6.45) is 4.12. The van der Waals surface area contributed by atoms with E-state index in [-0.39, 0.29) is 23.4 Å². The van der Waals surface area contributed by atoms with Crippen LogP contribution in [0.5, 0.6) is 0 Å². The summed E-state index contributed by atoms with van der Waals surface area (Å²) in [5.41, 5.74) is 0.399. The van der Waals surface area contributed by atoms with Crippen LogP contribution in [-0.2, 0) is 17.3 Å². The molecule has 0 radical (unpaired) electrons. The minimum atomic E-state index is -3.17. The zero-order chi connectivity index (χ0) is 21.7. The van der Waals surface area contributed by atoms with Crippen molar-refractivity contribution in [2.45, 2.75) is 24.3 Å². The lowest BCUT2D eigenvalue weighted by atomic mass is 10.1. The van der Waals surface area contributed by atoms with Gasteiger partial charge < -0.3 is 10.0 Å². The summed E-state index contributed by atoms with van der Waals surface area (Å²) in [5, 5.41) is 8.81. The highest BCUT2D eigenvalue weighted by atomic mass is 32.2. The third-order valence-corrected chi connectivity index (χ3v) is 5.86. The van der Waals surface area contributed by atoms with E-state index in [4.69, 9.17) is 0 Å². The van der Waals surface area contributed by atoms with E-state index in [0.717, 1.165) is 36.0 Å². The first-order valence-electron chi connectivity index (χ1n) is 9.13. The predicted molar refractivity (Wildman–Crippen MR) is 108 cm³/mol. The number of hydrogen-bond acceptors (Lipinski definition) is 3. The second-order valence-corrected chi connectivity index (χ2v) is 7.94. The number of carboxylic acid groups (broad SMARTS) is 1. The van der Waals surface area contributed by atoms with Gasteiger partial charge in [0.05, 0.1) is 5.57 Å². The number of aliphatic carboxylic acids is 1. The molecule has 0 fully saturated rings. The average Bonchev–Trinajstić information content (AvgIpc) is 2.69. The molecule has 2 aromatic carbocycles. The molecule has 0 saturated carbocycles. The number of rotatable bonds is 8. The molecule has 2 aromatic rings. The third-order valence-electron chi connectivity index (χ3n) is 4.58. The van der Waals surface area contributed by atoms with E-state index in [2.05, 4.69) is 0 Å². The van der Waals surface area contributed by atoms with Crippen LogP contribution in [0.15, 0.2) is 72.5 Å². The number of benzene rings is 2. The number of nitrogens with zero attached hydrogens (tertiary/aromatic N) is 1. The van der Waals surface area contributed by atoms with E-state index >= 15 is 0 Å². The molecule has 1 heterocycles. The first-order chi connectivity index (χ1) is 14.3. The van der Waals surface area contributed by atoms with Crippen molar-refractivity contribution in [3.05, 3.63) is 95.2 Å². The number of hydrogen-bond donors (Lipinski definition) is 1. The molecule has 1 atom stereocenters. The van der Waals surface area contributed by atoms with E-state index in [9.17, 15) is 27.5 Å². The summed E-state index contributed by atoms with van der Waals surface area (Å²) < 4.78 is 55.4. The Labute approximate surface area is 175 Å². The normalized spacial score (nSPS) is 16.5. The molecular formula is C22H19F4NO2S. The third kappa shape index (κ3) is 5.44. The van der Waals surface area contributed by atoms with Crippen LogP contribution in [0.25, 0.3) is 0 Å². The van der Waals surface area contributed by atoms with Gasteiger partial charge in [-0.25, -0.2) is 22.4 Å². The second kappa shape index (κ2) is 9.38. The molecule has 1 aliphatic heterocycles. The van der Waals surface area contributed by atoms with Crippen molar-refractivity contribution in [2.24, 2.45) is 0 Å². The summed E-state index contributed by atoms with van der Waals surface area (Å²) in [6, 6.07) is 9.96. The molecule has 158 valence electrons. The van der Waals surface area contributed by atoms with Crippen molar-refractivity contribution >= 4 is 17.7 Å². The number of carboxylic acids is 1. The van der Waals surface area contributed by atoms with Gasteiger partial charge >= 0.3 is 5.97 Å². The molecule has 0 bridgehead atoms.